The molecule has 0 bridgehead atoms. The van der Waals surface area contributed by atoms with Gasteiger partial charge in [0.1, 0.15) is 11.4 Å². The zero-order valence-electron chi connectivity index (χ0n) is 12.9. The van der Waals surface area contributed by atoms with Gasteiger partial charge in [0.15, 0.2) is 0 Å². The van der Waals surface area contributed by atoms with E-state index in [0.29, 0.717) is 19.6 Å². The number of carbonyl (C=O) groups excluding carboxylic acids is 1. The first-order valence-corrected chi connectivity index (χ1v) is 7.24. The molecule has 0 heterocycles. The first-order valence-electron chi connectivity index (χ1n) is 7.24. The van der Waals surface area contributed by atoms with Gasteiger partial charge in [0.2, 0.25) is 0 Å². The van der Waals surface area contributed by atoms with Gasteiger partial charge in [-0.25, -0.2) is 0 Å². The molecule has 1 aromatic carbocycles. The normalized spacial score (nSPS) is 13.6. The Hall–Kier alpha value is -1.55. The van der Waals surface area contributed by atoms with Crippen LogP contribution in [-0.4, -0.2) is 24.7 Å². The van der Waals surface area contributed by atoms with Crippen LogP contribution in [0.5, 0.6) is 5.75 Å². The highest BCUT2D eigenvalue weighted by molar-refractivity contribution is 5.97. The highest BCUT2D eigenvalue weighted by Crippen LogP contribution is 2.20. The fourth-order valence-electron chi connectivity index (χ4n) is 1.76. The molecule has 0 fully saturated rings. The van der Waals surface area contributed by atoms with Crippen molar-refractivity contribution < 1.29 is 14.3 Å². The molecular weight excluding hydrogens is 254 g/mol. The van der Waals surface area contributed by atoms with Gasteiger partial charge in [0.25, 0.3) is 5.91 Å². The third-order valence-corrected chi connectivity index (χ3v) is 3.20. The quantitative estimate of drug-likeness (QED) is 0.790. The number of rotatable bonds is 8. The molecule has 1 rings (SSSR count). The smallest absolute Gasteiger partial charge is 0.256 e. The van der Waals surface area contributed by atoms with Crippen molar-refractivity contribution >= 4 is 11.6 Å². The van der Waals surface area contributed by atoms with Crippen LogP contribution >= 0.6 is 0 Å². The lowest BCUT2D eigenvalue weighted by atomic mass is 10.0. The maximum Gasteiger partial charge on any atom is 0.256 e. The van der Waals surface area contributed by atoms with Crippen molar-refractivity contribution in [2.24, 2.45) is 0 Å². The standard InChI is InChI=1S/C16H25NO3/c1-5-12-19-14-10-8-13(9-11-14)17-15(18)16(4,6-2)20-7-3/h8-11H,5-7,12H2,1-4H3,(H,17,18)/t16-/m0/s1. The molecule has 0 saturated heterocycles. The van der Waals surface area contributed by atoms with E-state index in [0.717, 1.165) is 17.9 Å². The van der Waals surface area contributed by atoms with Gasteiger partial charge in [-0.3, -0.25) is 4.79 Å². The largest absolute Gasteiger partial charge is 0.494 e. The van der Waals surface area contributed by atoms with E-state index in [1.165, 1.54) is 0 Å². The van der Waals surface area contributed by atoms with E-state index in [9.17, 15) is 4.79 Å². The molecule has 0 saturated carbocycles. The monoisotopic (exact) mass is 279 g/mol. The molecule has 0 aliphatic carbocycles. The highest BCUT2D eigenvalue weighted by atomic mass is 16.5. The number of carbonyl (C=O) groups is 1. The average molecular weight is 279 g/mol. The van der Waals surface area contributed by atoms with Gasteiger partial charge in [-0.2, -0.15) is 0 Å². The van der Waals surface area contributed by atoms with E-state index >= 15 is 0 Å². The van der Waals surface area contributed by atoms with Crippen LogP contribution in [0, 0.1) is 0 Å². The van der Waals surface area contributed by atoms with Gasteiger partial charge in [0, 0.05) is 12.3 Å². The number of hydrogen-bond acceptors (Lipinski definition) is 3. The Morgan fingerprint density at radius 3 is 2.35 bits per heavy atom. The second-order valence-corrected chi connectivity index (χ2v) is 4.84. The summed E-state index contributed by atoms with van der Waals surface area (Å²) in [5, 5.41) is 2.88. The second-order valence-electron chi connectivity index (χ2n) is 4.84. The molecule has 1 atom stereocenters. The van der Waals surface area contributed by atoms with Gasteiger partial charge >= 0.3 is 0 Å². The summed E-state index contributed by atoms with van der Waals surface area (Å²) in [6.45, 7) is 8.92. The van der Waals surface area contributed by atoms with Gasteiger partial charge in [-0.1, -0.05) is 13.8 Å². The van der Waals surface area contributed by atoms with Crippen molar-refractivity contribution in [1.29, 1.82) is 0 Å². The molecule has 0 aliphatic heterocycles. The molecule has 112 valence electrons. The SMILES string of the molecule is CCCOc1ccc(NC(=O)[C@](C)(CC)OCC)cc1. The lowest BCUT2D eigenvalue weighted by Crippen LogP contribution is -2.42. The molecule has 1 amide bonds. The molecule has 1 N–H and O–H groups in total. The molecule has 20 heavy (non-hydrogen) atoms. The van der Waals surface area contributed by atoms with Gasteiger partial charge in [-0.05, 0) is 51.0 Å². The summed E-state index contributed by atoms with van der Waals surface area (Å²) >= 11 is 0. The summed E-state index contributed by atoms with van der Waals surface area (Å²) in [6.07, 6.45) is 1.60. The van der Waals surface area contributed by atoms with Gasteiger partial charge in [-0.15, -0.1) is 0 Å². The number of benzene rings is 1. The Morgan fingerprint density at radius 1 is 1.20 bits per heavy atom. The zero-order chi connectivity index (χ0) is 15.0. The van der Waals surface area contributed by atoms with E-state index in [1.807, 2.05) is 45.0 Å². The van der Waals surface area contributed by atoms with Gasteiger partial charge in [0.05, 0.1) is 6.61 Å². The van der Waals surface area contributed by atoms with Crippen LogP contribution in [0.1, 0.15) is 40.5 Å². The predicted molar refractivity (Wildman–Crippen MR) is 81.2 cm³/mol. The van der Waals surface area contributed by atoms with Gasteiger partial charge < -0.3 is 14.8 Å². The fourth-order valence-corrected chi connectivity index (χ4v) is 1.76. The summed E-state index contributed by atoms with van der Waals surface area (Å²) in [6, 6.07) is 7.39. The Balaban J connectivity index is 2.65. The first kappa shape index (κ1) is 16.5. The Bertz CT molecular complexity index is 416. The van der Waals surface area contributed by atoms with Crippen molar-refractivity contribution in [3.8, 4) is 5.75 Å². The van der Waals surface area contributed by atoms with Crippen molar-refractivity contribution in [1.82, 2.24) is 0 Å². The van der Waals surface area contributed by atoms with Crippen LogP contribution in [0.4, 0.5) is 5.69 Å². The molecular formula is C16H25NO3. The third-order valence-electron chi connectivity index (χ3n) is 3.20. The van der Waals surface area contributed by atoms with Crippen molar-refractivity contribution in [2.75, 3.05) is 18.5 Å². The van der Waals surface area contributed by atoms with Crippen LogP contribution in [0.3, 0.4) is 0 Å². The Morgan fingerprint density at radius 2 is 1.85 bits per heavy atom. The predicted octanol–water partition coefficient (Wildman–Crippen LogP) is 3.62. The number of amides is 1. The Labute approximate surface area is 121 Å². The molecule has 0 aliphatic rings. The van der Waals surface area contributed by atoms with Crippen molar-refractivity contribution in [2.45, 2.75) is 46.1 Å². The summed E-state index contributed by atoms with van der Waals surface area (Å²) in [5.41, 5.74) is -0.0372. The van der Waals surface area contributed by atoms with Crippen LogP contribution in [0.25, 0.3) is 0 Å². The van der Waals surface area contributed by atoms with Crippen LogP contribution in [0.2, 0.25) is 0 Å². The maximum absolute atomic E-state index is 12.2. The molecule has 0 aromatic heterocycles. The number of ether oxygens (including phenoxy) is 2. The van der Waals surface area contributed by atoms with E-state index in [1.54, 1.807) is 0 Å². The summed E-state index contributed by atoms with van der Waals surface area (Å²) < 4.78 is 11.1. The minimum Gasteiger partial charge on any atom is -0.494 e. The number of anilines is 1. The van der Waals surface area contributed by atoms with Crippen LogP contribution in [0.15, 0.2) is 24.3 Å². The molecule has 0 unspecified atom stereocenters. The van der Waals surface area contributed by atoms with E-state index in [2.05, 4.69) is 12.2 Å². The van der Waals surface area contributed by atoms with E-state index < -0.39 is 5.60 Å². The highest BCUT2D eigenvalue weighted by Gasteiger charge is 2.31. The summed E-state index contributed by atoms with van der Waals surface area (Å²) in [4.78, 5) is 12.2. The third kappa shape index (κ3) is 4.53. The van der Waals surface area contributed by atoms with Crippen LogP contribution in [-0.2, 0) is 9.53 Å². The number of hydrogen-bond donors (Lipinski definition) is 1. The topological polar surface area (TPSA) is 47.6 Å². The minimum absolute atomic E-state index is 0.121. The average Bonchev–Trinajstić information content (AvgIpc) is 2.46. The Kier molecular flexibility index (Phi) is 6.52. The van der Waals surface area contributed by atoms with Crippen LogP contribution < -0.4 is 10.1 Å². The lowest BCUT2D eigenvalue weighted by Gasteiger charge is -2.26. The van der Waals surface area contributed by atoms with Crippen molar-refractivity contribution in [3.05, 3.63) is 24.3 Å². The minimum atomic E-state index is -0.786. The molecule has 4 nitrogen and oxygen atoms in total. The van der Waals surface area contributed by atoms with E-state index in [4.69, 9.17) is 9.47 Å². The molecule has 0 spiro atoms. The zero-order valence-corrected chi connectivity index (χ0v) is 12.9. The number of nitrogens with one attached hydrogen (secondary N) is 1. The fraction of sp³-hybridized carbons (Fsp3) is 0.562. The molecule has 0 radical (unpaired) electrons. The summed E-state index contributed by atoms with van der Waals surface area (Å²) in [5.74, 6) is 0.692. The van der Waals surface area contributed by atoms with E-state index in [-0.39, 0.29) is 5.91 Å². The second kappa shape index (κ2) is 7.90. The molecule has 1 aromatic rings. The molecule has 4 heteroatoms. The maximum atomic E-state index is 12.2. The van der Waals surface area contributed by atoms with Crippen molar-refractivity contribution in [3.63, 3.8) is 0 Å². The lowest BCUT2D eigenvalue weighted by molar-refractivity contribution is -0.139. The summed E-state index contributed by atoms with van der Waals surface area (Å²) in [7, 11) is 0. The first-order chi connectivity index (χ1) is 9.55.